The summed E-state index contributed by atoms with van der Waals surface area (Å²) in [6.07, 6.45) is 11.3. The van der Waals surface area contributed by atoms with E-state index >= 15 is 0 Å². The van der Waals surface area contributed by atoms with E-state index in [0.29, 0.717) is 17.2 Å². The molecule has 3 heterocycles. The van der Waals surface area contributed by atoms with Crippen LogP contribution in [-0.4, -0.2) is 26.4 Å². The molecule has 1 fully saturated rings. The zero-order chi connectivity index (χ0) is 20.3. The van der Waals surface area contributed by atoms with Gasteiger partial charge in [-0.3, -0.25) is 9.88 Å². The molecule has 0 saturated heterocycles. The number of benzene rings is 1. The van der Waals surface area contributed by atoms with E-state index in [9.17, 15) is 4.39 Å². The molecule has 0 radical (unpaired) electrons. The maximum Gasteiger partial charge on any atom is 0.132 e. The van der Waals surface area contributed by atoms with Gasteiger partial charge in [0.2, 0.25) is 0 Å². The fourth-order valence-corrected chi connectivity index (χ4v) is 4.69. The van der Waals surface area contributed by atoms with Gasteiger partial charge in [0.25, 0.3) is 0 Å². The number of hydrogen-bond donors (Lipinski definition) is 0. The molecule has 154 valence electrons. The maximum absolute atomic E-state index is 14.0. The van der Waals surface area contributed by atoms with E-state index in [1.54, 1.807) is 12.1 Å². The predicted molar refractivity (Wildman–Crippen MR) is 115 cm³/mol. The summed E-state index contributed by atoms with van der Waals surface area (Å²) >= 11 is 0. The van der Waals surface area contributed by atoms with Crippen molar-refractivity contribution in [1.82, 2.24) is 19.9 Å². The third-order valence-corrected chi connectivity index (χ3v) is 6.38. The van der Waals surface area contributed by atoms with Crippen molar-refractivity contribution >= 4 is 0 Å². The van der Waals surface area contributed by atoms with Crippen LogP contribution in [0.4, 0.5) is 4.39 Å². The second kappa shape index (κ2) is 8.60. The van der Waals surface area contributed by atoms with Crippen molar-refractivity contribution in [1.29, 1.82) is 0 Å². The lowest BCUT2D eigenvalue weighted by molar-refractivity contribution is 0.242. The summed E-state index contributed by atoms with van der Waals surface area (Å²) in [5.41, 5.74) is 4.83. The molecule has 3 aromatic rings. The van der Waals surface area contributed by atoms with Crippen LogP contribution in [-0.2, 0) is 19.5 Å². The number of nitrogens with zero attached hydrogens (tertiary/aromatic N) is 4. The van der Waals surface area contributed by atoms with Gasteiger partial charge in [-0.2, -0.15) is 0 Å². The Hall–Kier alpha value is -2.66. The molecule has 1 aliphatic heterocycles. The number of halogens is 1. The molecule has 5 heteroatoms. The fraction of sp³-hybridized carbons (Fsp3) is 0.400. The third kappa shape index (κ3) is 4.12. The minimum Gasteiger partial charge on any atom is -0.294 e. The molecular formula is C25H27FN4. The summed E-state index contributed by atoms with van der Waals surface area (Å²) in [7, 11) is 0. The molecule has 4 nitrogen and oxygen atoms in total. The molecule has 0 N–H and O–H groups in total. The first-order valence-electron chi connectivity index (χ1n) is 11.0. The summed E-state index contributed by atoms with van der Waals surface area (Å²) in [5.74, 6) is 1.38. The topological polar surface area (TPSA) is 41.9 Å². The minimum atomic E-state index is -0.238. The minimum absolute atomic E-state index is 0.238. The lowest BCUT2D eigenvalue weighted by Crippen LogP contribution is -2.31. The number of pyridine rings is 1. The van der Waals surface area contributed by atoms with Crippen LogP contribution in [0.3, 0.4) is 0 Å². The third-order valence-electron chi connectivity index (χ3n) is 6.38. The van der Waals surface area contributed by atoms with Crippen LogP contribution in [0.5, 0.6) is 0 Å². The van der Waals surface area contributed by atoms with Gasteiger partial charge in [-0.25, -0.2) is 14.4 Å². The van der Waals surface area contributed by atoms with E-state index in [0.717, 1.165) is 37.4 Å². The normalized spacial score (nSPS) is 17.6. The van der Waals surface area contributed by atoms with E-state index in [1.807, 2.05) is 24.4 Å². The maximum atomic E-state index is 14.0. The van der Waals surface area contributed by atoms with Crippen molar-refractivity contribution in [3.05, 3.63) is 77.3 Å². The van der Waals surface area contributed by atoms with E-state index in [4.69, 9.17) is 9.97 Å². The van der Waals surface area contributed by atoms with Crippen molar-refractivity contribution in [2.24, 2.45) is 0 Å². The Morgan fingerprint density at radius 2 is 1.83 bits per heavy atom. The van der Waals surface area contributed by atoms with Gasteiger partial charge in [-0.15, -0.1) is 0 Å². The highest BCUT2D eigenvalue weighted by Crippen LogP contribution is 2.31. The molecule has 0 amide bonds. The summed E-state index contributed by atoms with van der Waals surface area (Å²) in [5, 5.41) is 0. The van der Waals surface area contributed by atoms with Crippen LogP contribution in [0.25, 0.3) is 11.3 Å². The van der Waals surface area contributed by atoms with Gasteiger partial charge >= 0.3 is 0 Å². The van der Waals surface area contributed by atoms with Gasteiger partial charge in [-0.1, -0.05) is 37.5 Å². The first-order valence-corrected chi connectivity index (χ1v) is 11.0. The standard InChI is InChI=1S/C25H27FN4/c26-22-9-5-4-8-21(22)24-11-10-18(14-27-24)16-30-13-12-23-20(17-30)15-28-25(29-23)19-6-2-1-3-7-19/h4-5,8-11,14-15,19H,1-3,6-7,12-13,16-17H2. The molecule has 0 unspecified atom stereocenters. The number of aromatic nitrogens is 3. The zero-order valence-corrected chi connectivity index (χ0v) is 17.2. The summed E-state index contributed by atoms with van der Waals surface area (Å²) < 4.78 is 14.0. The Morgan fingerprint density at radius 3 is 2.63 bits per heavy atom. The van der Waals surface area contributed by atoms with Gasteiger partial charge in [0, 0.05) is 61.2 Å². The second-order valence-electron chi connectivity index (χ2n) is 8.53. The van der Waals surface area contributed by atoms with Crippen LogP contribution in [0, 0.1) is 5.82 Å². The molecule has 2 aliphatic rings. The zero-order valence-electron chi connectivity index (χ0n) is 17.2. The Kier molecular flexibility index (Phi) is 5.54. The molecule has 1 saturated carbocycles. The molecule has 1 aromatic carbocycles. The van der Waals surface area contributed by atoms with E-state index in [2.05, 4.69) is 16.1 Å². The van der Waals surface area contributed by atoms with Crippen molar-refractivity contribution in [3.63, 3.8) is 0 Å². The first-order chi connectivity index (χ1) is 14.8. The highest BCUT2D eigenvalue weighted by atomic mass is 19.1. The van der Waals surface area contributed by atoms with Gasteiger partial charge in [0.05, 0.1) is 5.69 Å². The van der Waals surface area contributed by atoms with Crippen molar-refractivity contribution < 1.29 is 4.39 Å². The summed E-state index contributed by atoms with van der Waals surface area (Å²) in [6.45, 7) is 2.69. The Balaban J connectivity index is 1.25. The fourth-order valence-electron chi connectivity index (χ4n) is 4.69. The molecule has 0 bridgehead atoms. The molecule has 1 aliphatic carbocycles. The highest BCUT2D eigenvalue weighted by molar-refractivity contribution is 5.59. The van der Waals surface area contributed by atoms with E-state index in [1.165, 1.54) is 49.4 Å². The van der Waals surface area contributed by atoms with Crippen LogP contribution < -0.4 is 0 Å². The van der Waals surface area contributed by atoms with E-state index < -0.39 is 0 Å². The number of fused-ring (bicyclic) bond motifs is 1. The first kappa shape index (κ1) is 19.3. The Morgan fingerprint density at radius 1 is 0.967 bits per heavy atom. The van der Waals surface area contributed by atoms with Crippen molar-refractivity contribution in [3.8, 4) is 11.3 Å². The van der Waals surface area contributed by atoms with Crippen molar-refractivity contribution in [2.45, 2.75) is 57.5 Å². The predicted octanol–water partition coefficient (Wildman–Crippen LogP) is 5.28. The lowest BCUT2D eigenvalue weighted by Gasteiger charge is -2.29. The van der Waals surface area contributed by atoms with Gasteiger partial charge in [0.1, 0.15) is 11.6 Å². The van der Waals surface area contributed by atoms with Gasteiger partial charge in [0.15, 0.2) is 0 Å². The monoisotopic (exact) mass is 402 g/mol. The van der Waals surface area contributed by atoms with Crippen molar-refractivity contribution in [2.75, 3.05) is 6.54 Å². The number of rotatable bonds is 4. The Labute approximate surface area is 177 Å². The Bertz CT molecular complexity index is 1010. The van der Waals surface area contributed by atoms with Crippen LogP contribution in [0.15, 0.2) is 48.8 Å². The second-order valence-corrected chi connectivity index (χ2v) is 8.53. The number of hydrogen-bond acceptors (Lipinski definition) is 4. The molecule has 2 aromatic heterocycles. The van der Waals surface area contributed by atoms with Crippen LogP contribution in [0.1, 0.15) is 60.7 Å². The van der Waals surface area contributed by atoms with E-state index in [-0.39, 0.29) is 5.82 Å². The highest BCUT2D eigenvalue weighted by Gasteiger charge is 2.22. The van der Waals surface area contributed by atoms with Gasteiger partial charge < -0.3 is 0 Å². The summed E-state index contributed by atoms with van der Waals surface area (Å²) in [6, 6.07) is 10.7. The molecule has 0 spiro atoms. The largest absolute Gasteiger partial charge is 0.294 e. The van der Waals surface area contributed by atoms with Crippen LogP contribution in [0.2, 0.25) is 0 Å². The lowest BCUT2D eigenvalue weighted by atomic mass is 9.88. The quantitative estimate of drug-likeness (QED) is 0.595. The molecule has 0 atom stereocenters. The molecular weight excluding hydrogens is 375 g/mol. The average Bonchev–Trinajstić information content (AvgIpc) is 2.80. The molecule has 5 rings (SSSR count). The average molecular weight is 403 g/mol. The smallest absolute Gasteiger partial charge is 0.132 e. The van der Waals surface area contributed by atoms with Crippen LogP contribution >= 0.6 is 0 Å². The summed E-state index contributed by atoms with van der Waals surface area (Å²) in [4.78, 5) is 16.6. The SMILES string of the molecule is Fc1ccccc1-c1ccc(CN2CCc3nc(C4CCCCC4)ncc3C2)cn1. The van der Waals surface area contributed by atoms with Gasteiger partial charge in [-0.05, 0) is 36.6 Å². The molecule has 30 heavy (non-hydrogen) atoms.